The highest BCUT2D eigenvalue weighted by Gasteiger charge is 2.19. The van der Waals surface area contributed by atoms with Gasteiger partial charge in [-0.15, -0.1) is 0 Å². The second-order valence-corrected chi connectivity index (χ2v) is 7.01. The third-order valence-electron chi connectivity index (χ3n) is 4.62. The number of hydrogen-bond donors (Lipinski definition) is 1. The van der Waals surface area contributed by atoms with Crippen molar-refractivity contribution in [1.82, 2.24) is 15.3 Å². The molecule has 6 nitrogen and oxygen atoms in total. The van der Waals surface area contributed by atoms with Gasteiger partial charge in [0.05, 0.1) is 0 Å². The second-order valence-electron chi connectivity index (χ2n) is 7.01. The van der Waals surface area contributed by atoms with E-state index in [-0.39, 0.29) is 5.91 Å². The molecular weight excluding hydrogens is 326 g/mol. The van der Waals surface area contributed by atoms with E-state index in [0.717, 1.165) is 38.4 Å². The average molecular weight is 353 g/mol. The Balaban J connectivity index is 1.58. The fourth-order valence-corrected chi connectivity index (χ4v) is 3.04. The third-order valence-corrected chi connectivity index (χ3v) is 4.62. The Morgan fingerprint density at radius 2 is 1.77 bits per heavy atom. The fourth-order valence-electron chi connectivity index (χ4n) is 3.04. The lowest BCUT2D eigenvalue weighted by atomic mass is 10.1. The van der Waals surface area contributed by atoms with E-state index in [0.29, 0.717) is 18.2 Å². The molecule has 138 valence electrons. The first-order valence-electron chi connectivity index (χ1n) is 9.28. The highest BCUT2D eigenvalue weighted by atomic mass is 16.1. The quantitative estimate of drug-likeness (QED) is 0.865. The van der Waals surface area contributed by atoms with Crippen LogP contribution in [0.15, 0.2) is 42.7 Å². The molecule has 2 heterocycles. The van der Waals surface area contributed by atoms with Crippen LogP contribution in [0.5, 0.6) is 0 Å². The molecule has 0 aliphatic carbocycles. The van der Waals surface area contributed by atoms with Crippen molar-refractivity contribution in [2.45, 2.75) is 20.3 Å². The Hall–Kier alpha value is -2.63. The molecule has 26 heavy (non-hydrogen) atoms. The highest BCUT2D eigenvalue weighted by Crippen LogP contribution is 2.19. The summed E-state index contributed by atoms with van der Waals surface area (Å²) in [5.74, 6) is 1.26. The number of carbonyl (C=O) groups is 1. The van der Waals surface area contributed by atoms with Crippen molar-refractivity contribution in [3.05, 3.63) is 48.4 Å². The van der Waals surface area contributed by atoms with Crippen LogP contribution in [-0.2, 0) is 0 Å². The van der Waals surface area contributed by atoms with Crippen LogP contribution in [0.25, 0.3) is 0 Å². The summed E-state index contributed by atoms with van der Waals surface area (Å²) < 4.78 is 0. The Morgan fingerprint density at radius 3 is 2.46 bits per heavy atom. The molecule has 0 unspecified atom stereocenters. The Labute approximate surface area is 155 Å². The number of nitrogens with one attached hydrogen (secondary N) is 1. The van der Waals surface area contributed by atoms with Gasteiger partial charge < -0.3 is 15.1 Å². The summed E-state index contributed by atoms with van der Waals surface area (Å²) in [6.45, 7) is 8.58. The van der Waals surface area contributed by atoms with Gasteiger partial charge in [0, 0.05) is 44.5 Å². The van der Waals surface area contributed by atoms with E-state index in [2.05, 4.69) is 63.2 Å². The van der Waals surface area contributed by atoms with Gasteiger partial charge in [-0.3, -0.25) is 4.79 Å². The van der Waals surface area contributed by atoms with E-state index in [1.165, 1.54) is 12.0 Å². The van der Waals surface area contributed by atoms with Crippen molar-refractivity contribution in [2.24, 2.45) is 5.92 Å². The number of nitrogens with zero attached hydrogens (tertiary/aromatic N) is 4. The number of piperazine rings is 1. The van der Waals surface area contributed by atoms with E-state index in [4.69, 9.17) is 0 Å². The van der Waals surface area contributed by atoms with Crippen LogP contribution in [0, 0.1) is 5.92 Å². The molecule has 0 saturated carbocycles. The van der Waals surface area contributed by atoms with Gasteiger partial charge in [-0.05, 0) is 24.5 Å². The molecule has 1 aliphatic rings. The maximum Gasteiger partial charge on any atom is 0.270 e. The van der Waals surface area contributed by atoms with Gasteiger partial charge in [-0.1, -0.05) is 32.0 Å². The number of carbonyl (C=O) groups excluding carboxylic acids is 1. The predicted molar refractivity (Wildman–Crippen MR) is 105 cm³/mol. The van der Waals surface area contributed by atoms with E-state index in [1.54, 1.807) is 6.07 Å². The number of para-hydroxylation sites is 1. The summed E-state index contributed by atoms with van der Waals surface area (Å²) in [4.78, 5) is 25.4. The van der Waals surface area contributed by atoms with Crippen molar-refractivity contribution in [1.29, 1.82) is 0 Å². The van der Waals surface area contributed by atoms with E-state index in [9.17, 15) is 4.79 Å². The van der Waals surface area contributed by atoms with Gasteiger partial charge in [0.2, 0.25) is 0 Å². The first kappa shape index (κ1) is 18.2. The molecular formula is C20H27N5O. The predicted octanol–water partition coefficient (Wildman–Crippen LogP) is 2.58. The largest absolute Gasteiger partial charge is 0.368 e. The van der Waals surface area contributed by atoms with Crippen LogP contribution in [0.1, 0.15) is 30.8 Å². The topological polar surface area (TPSA) is 61.4 Å². The zero-order valence-electron chi connectivity index (χ0n) is 15.6. The molecule has 3 rings (SSSR count). The zero-order chi connectivity index (χ0) is 18.4. The van der Waals surface area contributed by atoms with Gasteiger partial charge in [0.25, 0.3) is 5.91 Å². The Morgan fingerprint density at radius 1 is 1.08 bits per heavy atom. The minimum absolute atomic E-state index is 0.128. The molecule has 1 amide bonds. The number of benzene rings is 1. The van der Waals surface area contributed by atoms with Crippen LogP contribution in [0.2, 0.25) is 0 Å². The first-order chi connectivity index (χ1) is 12.6. The normalized spacial score (nSPS) is 14.6. The summed E-state index contributed by atoms with van der Waals surface area (Å²) in [6, 6.07) is 12.2. The maximum absolute atomic E-state index is 12.3. The van der Waals surface area contributed by atoms with Crippen molar-refractivity contribution in [2.75, 3.05) is 42.5 Å². The number of hydrogen-bond acceptors (Lipinski definition) is 5. The summed E-state index contributed by atoms with van der Waals surface area (Å²) in [6.07, 6.45) is 2.45. The molecule has 1 aromatic heterocycles. The summed E-state index contributed by atoms with van der Waals surface area (Å²) in [5, 5.41) is 2.93. The van der Waals surface area contributed by atoms with Crippen LogP contribution >= 0.6 is 0 Å². The molecule has 0 radical (unpaired) electrons. The van der Waals surface area contributed by atoms with Crippen molar-refractivity contribution >= 4 is 17.4 Å². The number of aromatic nitrogens is 2. The number of rotatable bonds is 6. The number of anilines is 2. The zero-order valence-corrected chi connectivity index (χ0v) is 15.6. The Bertz CT molecular complexity index is 711. The summed E-state index contributed by atoms with van der Waals surface area (Å²) >= 11 is 0. The molecule has 1 N–H and O–H groups in total. The molecule has 1 fully saturated rings. The molecule has 6 heteroatoms. The van der Waals surface area contributed by atoms with Gasteiger partial charge in [-0.2, -0.15) is 0 Å². The van der Waals surface area contributed by atoms with Crippen molar-refractivity contribution in [3.8, 4) is 0 Å². The monoisotopic (exact) mass is 353 g/mol. The Kier molecular flexibility index (Phi) is 6.04. The molecule has 2 aromatic rings. The van der Waals surface area contributed by atoms with E-state index in [1.807, 2.05) is 6.07 Å². The highest BCUT2D eigenvalue weighted by molar-refractivity contribution is 5.92. The molecule has 0 bridgehead atoms. The summed E-state index contributed by atoms with van der Waals surface area (Å²) in [7, 11) is 0. The van der Waals surface area contributed by atoms with Crippen LogP contribution in [0.4, 0.5) is 11.5 Å². The van der Waals surface area contributed by atoms with Gasteiger partial charge in [-0.25, -0.2) is 9.97 Å². The average Bonchev–Trinajstić information content (AvgIpc) is 2.68. The van der Waals surface area contributed by atoms with E-state index < -0.39 is 0 Å². The minimum atomic E-state index is -0.128. The SMILES string of the molecule is CC(C)CCNC(=O)c1cc(N2CCN(c3ccccc3)CC2)ncn1. The van der Waals surface area contributed by atoms with Gasteiger partial charge in [0.15, 0.2) is 0 Å². The van der Waals surface area contributed by atoms with E-state index >= 15 is 0 Å². The summed E-state index contributed by atoms with van der Waals surface area (Å²) in [5.41, 5.74) is 1.68. The molecule has 1 aliphatic heterocycles. The standard InChI is InChI=1S/C20H27N5O/c1-16(2)8-9-21-20(26)18-14-19(23-15-22-18)25-12-10-24(11-13-25)17-6-4-3-5-7-17/h3-7,14-16H,8-13H2,1-2H3,(H,21,26). The van der Waals surface area contributed by atoms with Crippen LogP contribution in [-0.4, -0.2) is 48.6 Å². The van der Waals surface area contributed by atoms with Crippen LogP contribution in [0.3, 0.4) is 0 Å². The van der Waals surface area contributed by atoms with Crippen LogP contribution < -0.4 is 15.1 Å². The van der Waals surface area contributed by atoms with Gasteiger partial charge >= 0.3 is 0 Å². The van der Waals surface area contributed by atoms with Gasteiger partial charge in [0.1, 0.15) is 17.8 Å². The second kappa shape index (κ2) is 8.65. The lowest BCUT2D eigenvalue weighted by Crippen LogP contribution is -2.47. The fraction of sp³-hybridized carbons (Fsp3) is 0.450. The molecule has 1 aromatic carbocycles. The first-order valence-corrected chi connectivity index (χ1v) is 9.28. The molecule has 0 atom stereocenters. The molecule has 1 saturated heterocycles. The molecule has 0 spiro atoms. The number of amides is 1. The minimum Gasteiger partial charge on any atom is -0.368 e. The third kappa shape index (κ3) is 4.71. The lowest BCUT2D eigenvalue weighted by molar-refractivity contribution is 0.0947. The van der Waals surface area contributed by atoms with Crippen molar-refractivity contribution < 1.29 is 4.79 Å². The lowest BCUT2D eigenvalue weighted by Gasteiger charge is -2.36. The smallest absolute Gasteiger partial charge is 0.270 e. The maximum atomic E-state index is 12.3. The van der Waals surface area contributed by atoms with Crippen molar-refractivity contribution in [3.63, 3.8) is 0 Å².